The third-order valence-electron chi connectivity index (χ3n) is 5.52. The van der Waals surface area contributed by atoms with Crippen LogP contribution in [0.2, 0.25) is 0 Å². The van der Waals surface area contributed by atoms with E-state index in [9.17, 15) is 5.11 Å². The number of phenolic OH excluding ortho intramolecular Hbond substituents is 1. The number of aromatic hydroxyl groups is 1. The Kier molecular flexibility index (Phi) is 8.29. The van der Waals surface area contributed by atoms with Gasteiger partial charge < -0.3 is 9.84 Å². The lowest BCUT2D eigenvalue weighted by Crippen LogP contribution is -2.27. The summed E-state index contributed by atoms with van der Waals surface area (Å²) in [5, 5.41) is 10.9. The highest BCUT2D eigenvalue weighted by atomic mass is 31.0. The average Bonchev–Trinajstić information content (AvgIpc) is 2.76. The summed E-state index contributed by atoms with van der Waals surface area (Å²) in [4.78, 5) is 12.6. The van der Waals surface area contributed by atoms with Crippen molar-refractivity contribution in [2.45, 2.75) is 40.0 Å². The Balaban J connectivity index is 1.77. The van der Waals surface area contributed by atoms with Crippen molar-refractivity contribution < 1.29 is 19.6 Å². The van der Waals surface area contributed by atoms with Gasteiger partial charge >= 0.3 is 0 Å². The summed E-state index contributed by atoms with van der Waals surface area (Å²) in [6.45, 7) is 7.54. The highest BCUT2D eigenvalue weighted by Gasteiger charge is 2.24. The van der Waals surface area contributed by atoms with E-state index < -0.39 is 0 Å². The van der Waals surface area contributed by atoms with Crippen LogP contribution in [0.15, 0.2) is 42.0 Å². The van der Waals surface area contributed by atoms with Gasteiger partial charge in [-0.25, -0.2) is 9.78 Å². The molecule has 0 aromatic heterocycles. The second-order valence-electron chi connectivity index (χ2n) is 7.71. The summed E-state index contributed by atoms with van der Waals surface area (Å²) >= 11 is 0. The highest BCUT2D eigenvalue weighted by molar-refractivity contribution is 7.16. The minimum absolute atomic E-state index is 0.251. The number of rotatable bonds is 9. The maximum atomic E-state index is 10.9. The number of hydrogen-bond donors (Lipinski definition) is 1. The van der Waals surface area contributed by atoms with Gasteiger partial charge in [0.25, 0.3) is 0 Å². The number of ether oxygens (including phenoxy) is 1. The molecule has 1 aliphatic heterocycles. The van der Waals surface area contributed by atoms with Crippen molar-refractivity contribution in [2.75, 3.05) is 26.4 Å². The number of nitrogens with zero attached hydrogens (tertiary/aromatic N) is 1. The van der Waals surface area contributed by atoms with Crippen LogP contribution in [0.3, 0.4) is 0 Å². The van der Waals surface area contributed by atoms with Crippen LogP contribution < -0.4 is 4.74 Å². The Labute approximate surface area is 181 Å². The summed E-state index contributed by atoms with van der Waals surface area (Å²) in [5.41, 5.74) is 6.14. The second kappa shape index (κ2) is 10.9. The van der Waals surface area contributed by atoms with Gasteiger partial charge in [0.1, 0.15) is 24.7 Å². The molecule has 30 heavy (non-hydrogen) atoms. The Hall–Kier alpha value is -1.91. The molecule has 3 rings (SSSR count). The molecule has 0 saturated heterocycles. The van der Waals surface area contributed by atoms with E-state index in [0.29, 0.717) is 13.0 Å². The molecule has 0 radical (unpaired) electrons. The molecular weight excluding hydrogens is 397 g/mol. The monoisotopic (exact) mass is 429 g/mol. The summed E-state index contributed by atoms with van der Waals surface area (Å²) in [5.74, 6) is 0.984. The lowest BCUT2D eigenvalue weighted by Gasteiger charge is -2.24. The third-order valence-corrected chi connectivity index (χ3v) is 5.78. The van der Waals surface area contributed by atoms with Gasteiger partial charge in [-0.2, -0.15) is 0 Å². The molecular formula is C24H32NO4P. The fraction of sp³-hybridized carbons (Fsp3) is 0.417. The molecule has 1 atom stereocenters. The van der Waals surface area contributed by atoms with Gasteiger partial charge in [-0.3, -0.25) is 4.90 Å². The Bertz CT molecular complexity index is 883. The predicted molar refractivity (Wildman–Crippen MR) is 123 cm³/mol. The smallest absolute Gasteiger partial charge is 0.129 e. The van der Waals surface area contributed by atoms with E-state index in [1.807, 2.05) is 13.0 Å². The first-order valence-electron chi connectivity index (χ1n) is 10.3. The molecule has 0 fully saturated rings. The molecule has 0 amide bonds. The van der Waals surface area contributed by atoms with E-state index >= 15 is 0 Å². The van der Waals surface area contributed by atoms with Crippen LogP contribution in [0.4, 0.5) is 0 Å². The molecule has 0 bridgehead atoms. The van der Waals surface area contributed by atoms with E-state index in [4.69, 9.17) is 14.5 Å². The zero-order valence-corrected chi connectivity index (χ0v) is 19.3. The van der Waals surface area contributed by atoms with Crippen LogP contribution in [0.1, 0.15) is 34.7 Å². The lowest BCUT2D eigenvalue weighted by atomic mass is 9.94. The molecule has 0 spiro atoms. The van der Waals surface area contributed by atoms with Gasteiger partial charge in [0, 0.05) is 30.8 Å². The van der Waals surface area contributed by atoms with Crippen LogP contribution in [-0.2, 0) is 36.0 Å². The number of hydrogen-bond acceptors (Lipinski definition) is 5. The quantitative estimate of drug-likeness (QED) is 0.360. The van der Waals surface area contributed by atoms with Crippen LogP contribution in [0.25, 0.3) is 0 Å². The van der Waals surface area contributed by atoms with Crippen LogP contribution in [0.5, 0.6) is 11.5 Å². The third kappa shape index (κ3) is 5.41. The summed E-state index contributed by atoms with van der Waals surface area (Å²) in [7, 11) is 4.46. The van der Waals surface area contributed by atoms with Crippen LogP contribution in [0, 0.1) is 6.92 Å². The minimum Gasteiger partial charge on any atom is -0.507 e. The molecule has 162 valence electrons. The summed E-state index contributed by atoms with van der Waals surface area (Å²) < 4.78 is 5.66. The number of fused-ring (bicyclic) bond motifs is 1. The van der Waals surface area contributed by atoms with Crippen molar-refractivity contribution in [3.63, 3.8) is 0 Å². The first-order valence-corrected chi connectivity index (χ1v) is 11.1. The maximum Gasteiger partial charge on any atom is 0.129 e. The molecule has 0 aliphatic carbocycles. The fourth-order valence-electron chi connectivity index (χ4n) is 3.97. The Morgan fingerprint density at radius 2 is 1.90 bits per heavy atom. The maximum absolute atomic E-state index is 10.9. The number of phenols is 1. The molecule has 0 saturated carbocycles. The van der Waals surface area contributed by atoms with Crippen molar-refractivity contribution in [3.8, 4) is 11.5 Å². The van der Waals surface area contributed by atoms with Gasteiger partial charge in [0.2, 0.25) is 0 Å². The largest absolute Gasteiger partial charge is 0.507 e. The number of allylic oxidation sites excluding steroid dienone is 1. The van der Waals surface area contributed by atoms with Crippen molar-refractivity contribution in [1.29, 1.82) is 0 Å². The zero-order valence-electron chi connectivity index (χ0n) is 18.1. The molecule has 1 heterocycles. The molecule has 1 N–H and O–H groups in total. The number of methoxy groups -OCH3 is 1. The molecule has 5 nitrogen and oxygen atoms in total. The van der Waals surface area contributed by atoms with Gasteiger partial charge in [0.05, 0.1) is 7.11 Å². The number of benzene rings is 2. The van der Waals surface area contributed by atoms with Gasteiger partial charge in [-0.1, -0.05) is 42.0 Å². The van der Waals surface area contributed by atoms with E-state index in [1.54, 1.807) is 7.11 Å². The van der Waals surface area contributed by atoms with Crippen molar-refractivity contribution in [3.05, 3.63) is 69.8 Å². The minimum atomic E-state index is 0.251. The summed E-state index contributed by atoms with van der Waals surface area (Å²) in [6, 6.07) is 10.5. The average molecular weight is 429 g/mol. The zero-order chi connectivity index (χ0) is 21.5. The van der Waals surface area contributed by atoms with E-state index in [2.05, 4.69) is 51.4 Å². The van der Waals surface area contributed by atoms with Gasteiger partial charge in [-0.15, -0.1) is 9.24 Å². The normalized spacial score (nSPS) is 14.1. The topological polar surface area (TPSA) is 51.2 Å². The SMILES string of the molecule is COc1c(C)c2c(c(O)c1C/C=C(\C)CN(CCP)Cc1ccccc1)COOC2. The Morgan fingerprint density at radius 1 is 1.20 bits per heavy atom. The van der Waals surface area contributed by atoms with Crippen molar-refractivity contribution in [1.82, 2.24) is 4.90 Å². The highest BCUT2D eigenvalue weighted by Crippen LogP contribution is 2.41. The standard InChI is InChI=1S/C24H32NO4P/c1-17(13-25(11-12-30)14-19-7-5-4-6-8-19)9-10-20-23(26)22-16-29-28-15-21(22)18(2)24(20)27-3/h4-9,26H,10-16,30H2,1-3H3/b17-9+. The van der Waals surface area contributed by atoms with Crippen LogP contribution >= 0.6 is 9.24 Å². The lowest BCUT2D eigenvalue weighted by molar-refractivity contribution is -0.322. The molecule has 2 aromatic carbocycles. The van der Waals surface area contributed by atoms with E-state index in [-0.39, 0.29) is 12.4 Å². The predicted octanol–water partition coefficient (Wildman–Crippen LogP) is 4.54. The van der Waals surface area contributed by atoms with Crippen molar-refractivity contribution in [2.24, 2.45) is 0 Å². The van der Waals surface area contributed by atoms with Crippen molar-refractivity contribution >= 4 is 9.24 Å². The first-order chi connectivity index (χ1) is 14.5. The molecule has 1 aliphatic rings. The molecule has 1 unspecified atom stereocenters. The second-order valence-corrected chi connectivity index (χ2v) is 8.28. The fourth-order valence-corrected chi connectivity index (χ4v) is 4.34. The van der Waals surface area contributed by atoms with E-state index in [0.717, 1.165) is 53.8 Å². The molecule has 6 heteroatoms. The van der Waals surface area contributed by atoms with Gasteiger partial charge in [0.15, 0.2) is 0 Å². The van der Waals surface area contributed by atoms with Crippen LogP contribution in [-0.4, -0.2) is 36.4 Å². The van der Waals surface area contributed by atoms with Gasteiger partial charge in [-0.05, 0) is 43.1 Å². The van der Waals surface area contributed by atoms with E-state index in [1.165, 1.54) is 11.1 Å². The first kappa shape index (κ1) is 22.8. The molecule has 2 aromatic rings. The Morgan fingerprint density at radius 3 is 2.57 bits per heavy atom. The summed E-state index contributed by atoms with van der Waals surface area (Å²) in [6.07, 6.45) is 3.82.